The van der Waals surface area contributed by atoms with E-state index >= 15 is 0 Å². The molecule has 0 aliphatic carbocycles. The fraction of sp³-hybridized carbons (Fsp3) is 0.381. The van der Waals surface area contributed by atoms with E-state index in [4.69, 9.17) is 0 Å². The molecule has 1 aliphatic rings. The Balaban J connectivity index is 1.66. The van der Waals surface area contributed by atoms with E-state index in [0.717, 1.165) is 27.9 Å². The zero-order valence-corrected chi connectivity index (χ0v) is 16.4. The molecule has 1 amide bonds. The maximum Gasteiger partial charge on any atom is 0.258 e. The van der Waals surface area contributed by atoms with Gasteiger partial charge in [0.15, 0.2) is 0 Å². The van der Waals surface area contributed by atoms with Gasteiger partial charge >= 0.3 is 0 Å². The van der Waals surface area contributed by atoms with Crippen LogP contribution in [0.2, 0.25) is 0 Å². The van der Waals surface area contributed by atoms with Gasteiger partial charge in [-0.3, -0.25) is 14.2 Å². The van der Waals surface area contributed by atoms with E-state index in [1.807, 2.05) is 13.8 Å². The van der Waals surface area contributed by atoms with Crippen molar-refractivity contribution in [3.63, 3.8) is 0 Å². The molecule has 6 heteroatoms. The van der Waals surface area contributed by atoms with Crippen molar-refractivity contribution in [2.75, 3.05) is 0 Å². The van der Waals surface area contributed by atoms with Crippen molar-refractivity contribution in [2.45, 2.75) is 47.2 Å². The van der Waals surface area contributed by atoms with Crippen LogP contribution in [0.3, 0.4) is 0 Å². The van der Waals surface area contributed by atoms with Crippen molar-refractivity contribution in [1.29, 1.82) is 0 Å². The summed E-state index contributed by atoms with van der Waals surface area (Å²) in [7, 11) is 1.72. The molecule has 27 heavy (non-hydrogen) atoms. The third kappa shape index (κ3) is 2.67. The van der Waals surface area contributed by atoms with Gasteiger partial charge in [-0.25, -0.2) is 4.98 Å². The van der Waals surface area contributed by atoms with Crippen LogP contribution < -0.4 is 5.56 Å². The predicted octanol–water partition coefficient (Wildman–Crippen LogP) is 2.58. The summed E-state index contributed by atoms with van der Waals surface area (Å²) in [6.45, 7) is 8.72. The van der Waals surface area contributed by atoms with Crippen molar-refractivity contribution >= 4 is 16.8 Å². The van der Waals surface area contributed by atoms with Gasteiger partial charge < -0.3 is 9.88 Å². The molecule has 2 aromatic heterocycles. The van der Waals surface area contributed by atoms with Crippen LogP contribution in [-0.2, 0) is 31.4 Å². The lowest BCUT2D eigenvalue weighted by atomic mass is 10.0. The Morgan fingerprint density at radius 1 is 1.15 bits per heavy atom. The second-order valence-corrected chi connectivity index (χ2v) is 7.55. The molecule has 0 atom stereocenters. The van der Waals surface area contributed by atoms with E-state index in [2.05, 4.69) is 35.9 Å². The fourth-order valence-electron chi connectivity index (χ4n) is 4.00. The Labute approximate surface area is 157 Å². The van der Waals surface area contributed by atoms with E-state index in [1.165, 1.54) is 11.1 Å². The summed E-state index contributed by atoms with van der Waals surface area (Å²) in [5.41, 5.74) is 6.83. The molecule has 0 radical (unpaired) electrons. The van der Waals surface area contributed by atoms with Crippen LogP contribution in [0, 0.1) is 27.7 Å². The van der Waals surface area contributed by atoms with E-state index < -0.39 is 0 Å². The molecule has 3 heterocycles. The summed E-state index contributed by atoms with van der Waals surface area (Å²) < 4.78 is 1.54. The zero-order chi connectivity index (χ0) is 19.5. The first kappa shape index (κ1) is 17.5. The average molecular weight is 364 g/mol. The number of carbonyl (C=O) groups is 1. The van der Waals surface area contributed by atoms with Crippen molar-refractivity contribution in [2.24, 2.45) is 7.05 Å². The number of rotatable bonds is 2. The summed E-state index contributed by atoms with van der Waals surface area (Å²) >= 11 is 0. The van der Waals surface area contributed by atoms with Gasteiger partial charge in [0, 0.05) is 23.6 Å². The highest BCUT2D eigenvalue weighted by Crippen LogP contribution is 2.29. The van der Waals surface area contributed by atoms with Gasteiger partial charge in [-0.2, -0.15) is 0 Å². The molecular formula is C21H24N4O2. The molecule has 6 nitrogen and oxygen atoms in total. The van der Waals surface area contributed by atoms with Crippen LogP contribution in [0.25, 0.3) is 10.9 Å². The van der Waals surface area contributed by atoms with Crippen molar-refractivity contribution < 1.29 is 4.79 Å². The lowest BCUT2D eigenvalue weighted by Gasteiger charge is -2.15. The van der Waals surface area contributed by atoms with E-state index in [9.17, 15) is 9.59 Å². The number of fused-ring (bicyclic) bond motifs is 2. The Hall–Kier alpha value is -2.89. The van der Waals surface area contributed by atoms with Crippen LogP contribution in [0.5, 0.6) is 0 Å². The largest absolute Gasteiger partial charge is 0.358 e. The number of aromatic amines is 1. The molecule has 0 spiro atoms. The lowest BCUT2D eigenvalue weighted by Crippen LogP contribution is -2.28. The number of benzene rings is 1. The average Bonchev–Trinajstić information content (AvgIpc) is 3.19. The molecule has 0 fully saturated rings. The number of nitrogens with one attached hydrogen (secondary N) is 1. The number of hydrogen-bond acceptors (Lipinski definition) is 3. The summed E-state index contributed by atoms with van der Waals surface area (Å²) in [6, 6.07) is 4.20. The van der Waals surface area contributed by atoms with Crippen LogP contribution in [0.15, 0.2) is 16.9 Å². The Kier molecular flexibility index (Phi) is 3.94. The molecule has 3 aromatic rings. The van der Waals surface area contributed by atoms with E-state index in [-0.39, 0.29) is 11.5 Å². The monoisotopic (exact) mass is 364 g/mol. The topological polar surface area (TPSA) is 71.0 Å². The van der Waals surface area contributed by atoms with Crippen LogP contribution in [0.1, 0.15) is 39.5 Å². The first-order chi connectivity index (χ1) is 12.8. The summed E-state index contributed by atoms with van der Waals surface area (Å²) in [4.78, 5) is 35.2. The second kappa shape index (κ2) is 6.08. The number of nitrogens with zero attached hydrogens (tertiary/aromatic N) is 3. The molecule has 1 N–H and O–H groups in total. The van der Waals surface area contributed by atoms with Gasteiger partial charge in [0.2, 0.25) is 5.91 Å². The molecule has 140 valence electrons. The normalized spacial score (nSPS) is 13.4. The first-order valence-electron chi connectivity index (χ1n) is 9.18. The van der Waals surface area contributed by atoms with Gasteiger partial charge in [0.1, 0.15) is 5.82 Å². The Morgan fingerprint density at radius 3 is 2.59 bits per heavy atom. The molecule has 0 saturated carbocycles. The van der Waals surface area contributed by atoms with Crippen LogP contribution >= 0.6 is 0 Å². The number of carbonyl (C=O) groups excluding carboxylic acids is 1. The van der Waals surface area contributed by atoms with Gasteiger partial charge in [-0.15, -0.1) is 0 Å². The molecule has 4 rings (SSSR count). The molecule has 1 aliphatic heterocycles. The quantitative estimate of drug-likeness (QED) is 0.760. The minimum Gasteiger partial charge on any atom is -0.358 e. The summed E-state index contributed by atoms with van der Waals surface area (Å²) in [5.74, 6) is 0.698. The minimum absolute atomic E-state index is 0.0256. The van der Waals surface area contributed by atoms with Crippen LogP contribution in [0.4, 0.5) is 0 Å². The minimum atomic E-state index is -0.0532. The number of amides is 1. The standard InChI is InChI=1S/C21H24N4O2/c1-11-6-7-12(2)20-19(11)15(13(3)22-20)8-18(26)25-9-16-17(10-25)23-14(4)24(5)21(16)27/h6-7,22H,8-10H2,1-5H3. The van der Waals surface area contributed by atoms with E-state index in [0.29, 0.717) is 30.9 Å². The predicted molar refractivity (Wildman–Crippen MR) is 105 cm³/mol. The summed E-state index contributed by atoms with van der Waals surface area (Å²) in [5, 5.41) is 1.14. The third-order valence-corrected chi connectivity index (χ3v) is 5.75. The highest BCUT2D eigenvalue weighted by atomic mass is 16.2. The number of H-pyrrole nitrogens is 1. The number of aromatic nitrogens is 3. The molecule has 0 unspecified atom stereocenters. The highest BCUT2D eigenvalue weighted by Gasteiger charge is 2.29. The zero-order valence-electron chi connectivity index (χ0n) is 16.4. The Morgan fingerprint density at radius 2 is 1.85 bits per heavy atom. The van der Waals surface area contributed by atoms with E-state index in [1.54, 1.807) is 16.5 Å². The smallest absolute Gasteiger partial charge is 0.258 e. The molecule has 0 saturated heterocycles. The fourth-order valence-corrected chi connectivity index (χ4v) is 4.00. The number of hydrogen-bond donors (Lipinski definition) is 1. The number of aryl methyl sites for hydroxylation is 4. The lowest BCUT2D eigenvalue weighted by molar-refractivity contribution is -0.131. The summed E-state index contributed by atoms with van der Waals surface area (Å²) in [6.07, 6.45) is 0.323. The molecule has 0 bridgehead atoms. The SMILES string of the molecule is Cc1[nH]c2c(C)ccc(C)c2c1CC(=O)N1Cc2nc(C)n(C)c(=O)c2C1. The molecular weight excluding hydrogens is 340 g/mol. The van der Waals surface area contributed by atoms with Crippen LogP contribution in [-0.4, -0.2) is 25.3 Å². The van der Waals surface area contributed by atoms with Gasteiger partial charge in [0.05, 0.1) is 30.8 Å². The first-order valence-corrected chi connectivity index (χ1v) is 9.18. The molecule has 1 aromatic carbocycles. The third-order valence-electron chi connectivity index (χ3n) is 5.75. The van der Waals surface area contributed by atoms with Gasteiger partial charge in [0.25, 0.3) is 5.56 Å². The van der Waals surface area contributed by atoms with Gasteiger partial charge in [-0.05, 0) is 44.4 Å². The highest BCUT2D eigenvalue weighted by molar-refractivity contribution is 5.94. The second-order valence-electron chi connectivity index (χ2n) is 7.55. The maximum absolute atomic E-state index is 13.0. The van der Waals surface area contributed by atoms with Crippen molar-refractivity contribution in [3.8, 4) is 0 Å². The van der Waals surface area contributed by atoms with Gasteiger partial charge in [-0.1, -0.05) is 12.1 Å². The Bertz CT molecular complexity index is 1150. The maximum atomic E-state index is 13.0. The van der Waals surface area contributed by atoms with Crippen molar-refractivity contribution in [3.05, 3.63) is 62.0 Å². The van der Waals surface area contributed by atoms with Crippen molar-refractivity contribution in [1.82, 2.24) is 19.4 Å².